The van der Waals surface area contributed by atoms with Crippen LogP contribution in [0.2, 0.25) is 11.1 Å². The first-order valence-corrected chi connectivity index (χ1v) is 19.5. The minimum absolute atomic E-state index is 0.0361. The Morgan fingerprint density at radius 1 is 0.564 bits per heavy atom. The summed E-state index contributed by atoms with van der Waals surface area (Å²) in [7, 11) is -6.57. The average molecular weight is 593 g/mol. The molecule has 0 amide bonds. The summed E-state index contributed by atoms with van der Waals surface area (Å²) in [6, 6.07) is 0. The summed E-state index contributed by atoms with van der Waals surface area (Å²) >= 11 is 0. The van der Waals surface area contributed by atoms with Crippen LogP contribution >= 0.6 is 0 Å². The summed E-state index contributed by atoms with van der Waals surface area (Å²) in [6.07, 6.45) is 6.05. The lowest BCUT2D eigenvalue weighted by Gasteiger charge is -2.60. The van der Waals surface area contributed by atoms with Gasteiger partial charge in [-0.15, -0.1) is 0 Å². The van der Waals surface area contributed by atoms with Crippen molar-refractivity contribution in [2.24, 2.45) is 5.41 Å². The molecule has 2 fully saturated rings. The van der Waals surface area contributed by atoms with Gasteiger partial charge in [0.1, 0.15) is 0 Å². The van der Waals surface area contributed by atoms with Crippen molar-refractivity contribution in [1.82, 2.24) is 0 Å². The molecule has 6 unspecified atom stereocenters. The fourth-order valence-corrected chi connectivity index (χ4v) is 15.3. The molecule has 2 saturated heterocycles. The van der Waals surface area contributed by atoms with Crippen LogP contribution in [0, 0.1) is 5.41 Å². The molecule has 0 bridgehead atoms. The van der Waals surface area contributed by atoms with Crippen molar-refractivity contribution in [3.8, 4) is 0 Å². The first-order valence-electron chi connectivity index (χ1n) is 15.9. The van der Waals surface area contributed by atoms with Crippen LogP contribution in [0.25, 0.3) is 0 Å². The van der Waals surface area contributed by atoms with Gasteiger partial charge in [-0.05, 0) is 86.5 Å². The maximum Gasteiger partial charge on any atom is 0.507 e. The van der Waals surface area contributed by atoms with Gasteiger partial charge in [0.15, 0.2) is 0 Å². The quantitative estimate of drug-likeness (QED) is 0.128. The van der Waals surface area contributed by atoms with E-state index in [1.807, 2.05) is 41.5 Å². The first kappa shape index (κ1) is 35.3. The molecule has 2 rings (SSSR count). The predicted molar refractivity (Wildman–Crippen MR) is 159 cm³/mol. The largest absolute Gasteiger partial charge is 0.507 e. The third-order valence-electron chi connectivity index (χ3n) is 8.19. The van der Waals surface area contributed by atoms with Crippen molar-refractivity contribution in [3.63, 3.8) is 0 Å². The molecule has 39 heavy (non-hydrogen) atoms. The smallest absolute Gasteiger partial charge is 0.375 e. The Morgan fingerprint density at radius 2 is 0.821 bits per heavy atom. The van der Waals surface area contributed by atoms with E-state index < -0.39 is 17.6 Å². The van der Waals surface area contributed by atoms with Crippen LogP contribution in [-0.4, -0.2) is 81.7 Å². The fourth-order valence-electron chi connectivity index (χ4n) is 7.43. The molecule has 0 aromatic heterocycles. The van der Waals surface area contributed by atoms with Crippen LogP contribution in [0.4, 0.5) is 0 Å². The third kappa shape index (κ3) is 7.74. The van der Waals surface area contributed by atoms with Crippen molar-refractivity contribution in [2.75, 3.05) is 39.6 Å². The Labute approximate surface area is 241 Å². The van der Waals surface area contributed by atoms with Crippen LogP contribution in [0.1, 0.15) is 108 Å². The molecule has 0 aromatic carbocycles. The van der Waals surface area contributed by atoms with Crippen LogP contribution in [0.3, 0.4) is 0 Å². The van der Waals surface area contributed by atoms with E-state index in [0.29, 0.717) is 39.6 Å². The van der Waals surface area contributed by atoms with E-state index in [-0.39, 0.29) is 40.9 Å². The van der Waals surface area contributed by atoms with E-state index in [9.17, 15) is 0 Å². The topological polar surface area (TPSA) is 73.8 Å². The van der Waals surface area contributed by atoms with Gasteiger partial charge in [0.25, 0.3) is 0 Å². The lowest BCUT2D eigenvalue weighted by atomic mass is 9.67. The zero-order valence-corrected chi connectivity index (χ0v) is 28.7. The molecular weight excluding hydrogens is 532 g/mol. The van der Waals surface area contributed by atoms with E-state index in [2.05, 4.69) is 27.7 Å². The zero-order valence-electron chi connectivity index (χ0n) is 26.7. The van der Waals surface area contributed by atoms with E-state index in [1.165, 1.54) is 0 Å². The predicted octanol–water partition coefficient (Wildman–Crippen LogP) is 6.77. The second kappa shape index (κ2) is 16.7. The van der Waals surface area contributed by atoms with Crippen molar-refractivity contribution in [1.29, 1.82) is 0 Å². The number of rotatable bonds is 22. The number of hydrogen-bond donors (Lipinski definition) is 0. The van der Waals surface area contributed by atoms with Gasteiger partial charge in [-0.2, -0.15) is 0 Å². The lowest BCUT2D eigenvalue weighted by molar-refractivity contribution is -0.177. The van der Waals surface area contributed by atoms with Crippen LogP contribution in [0.15, 0.2) is 0 Å². The SMILES string of the molecule is CCCC(CCC)(C(C1CC(C)O1)[Si](OCC)(OCC)OCC)C(C1CC(C)O1)[Si](OCC)(OCC)OCC. The molecule has 2 heterocycles. The summed E-state index contributed by atoms with van der Waals surface area (Å²) in [5, 5.41) is 0. The molecule has 10 heteroatoms. The molecule has 6 atom stereocenters. The average Bonchev–Trinajstić information content (AvgIpc) is 2.83. The minimum Gasteiger partial charge on any atom is -0.375 e. The molecule has 0 N–H and O–H groups in total. The Hall–Kier alpha value is 0.114. The van der Waals surface area contributed by atoms with Crippen molar-refractivity contribution in [2.45, 2.75) is 143 Å². The normalized spacial score (nSPS) is 25.7. The second-order valence-corrected chi connectivity index (χ2v) is 16.3. The summed E-state index contributed by atoms with van der Waals surface area (Å²) in [5.41, 5.74) is -0.547. The highest BCUT2D eigenvalue weighted by Gasteiger charge is 2.72. The van der Waals surface area contributed by atoms with Gasteiger partial charge in [-0.25, -0.2) is 0 Å². The van der Waals surface area contributed by atoms with Gasteiger partial charge >= 0.3 is 17.6 Å². The van der Waals surface area contributed by atoms with Gasteiger partial charge < -0.3 is 36.0 Å². The van der Waals surface area contributed by atoms with Crippen LogP contribution in [0.5, 0.6) is 0 Å². The van der Waals surface area contributed by atoms with Gasteiger partial charge in [0.05, 0.1) is 35.5 Å². The minimum atomic E-state index is -3.28. The maximum absolute atomic E-state index is 6.73. The van der Waals surface area contributed by atoms with Gasteiger partial charge in [0, 0.05) is 39.6 Å². The van der Waals surface area contributed by atoms with Gasteiger partial charge in [-0.3, -0.25) is 0 Å². The summed E-state index contributed by atoms with van der Waals surface area (Å²) in [6.45, 7) is 24.2. The lowest BCUT2D eigenvalue weighted by Crippen LogP contribution is -2.69. The van der Waals surface area contributed by atoms with Crippen molar-refractivity contribution < 1.29 is 36.0 Å². The highest BCUT2D eigenvalue weighted by atomic mass is 28.4. The highest BCUT2D eigenvalue weighted by Crippen LogP contribution is 2.64. The van der Waals surface area contributed by atoms with Crippen molar-refractivity contribution >= 4 is 17.6 Å². The first-order chi connectivity index (χ1) is 18.7. The molecule has 8 nitrogen and oxygen atoms in total. The van der Waals surface area contributed by atoms with Gasteiger partial charge in [0.2, 0.25) is 0 Å². The molecular formula is C29H60O8Si2. The maximum atomic E-state index is 6.73. The number of hydrogen-bond acceptors (Lipinski definition) is 8. The zero-order chi connectivity index (χ0) is 29.1. The summed E-state index contributed by atoms with van der Waals surface area (Å²) in [5.74, 6) is 0. The standard InChI is InChI=1S/C29H60O8Si2/c1-11-19-29(20-12-2,27(25-21-23(9)36-25)38(30-13-3,31-14-4)32-15-5)28(26-22-24(10)37-26)39(33-16-6,34-17-7)35-18-8/h23-28H,11-22H2,1-10H3. The Bertz CT molecular complexity index is 582. The van der Waals surface area contributed by atoms with E-state index >= 15 is 0 Å². The molecule has 232 valence electrons. The van der Waals surface area contributed by atoms with Crippen LogP contribution in [-0.2, 0) is 36.0 Å². The van der Waals surface area contributed by atoms with E-state index in [4.69, 9.17) is 36.0 Å². The summed E-state index contributed by atoms with van der Waals surface area (Å²) < 4.78 is 53.5. The highest BCUT2D eigenvalue weighted by molar-refractivity contribution is 6.65. The van der Waals surface area contributed by atoms with E-state index in [0.717, 1.165) is 38.5 Å². The molecule has 2 aliphatic rings. The monoisotopic (exact) mass is 592 g/mol. The molecule has 0 radical (unpaired) electrons. The molecule has 0 spiro atoms. The van der Waals surface area contributed by atoms with E-state index in [1.54, 1.807) is 0 Å². The molecule has 2 aliphatic heterocycles. The van der Waals surface area contributed by atoms with Crippen molar-refractivity contribution in [3.05, 3.63) is 0 Å². The van der Waals surface area contributed by atoms with Gasteiger partial charge in [-0.1, -0.05) is 26.7 Å². The molecule has 0 aromatic rings. The molecule has 0 saturated carbocycles. The fraction of sp³-hybridized carbons (Fsp3) is 1.00. The Morgan fingerprint density at radius 3 is 1.00 bits per heavy atom. The summed E-state index contributed by atoms with van der Waals surface area (Å²) in [4.78, 5) is 0. The number of ether oxygens (including phenoxy) is 2. The Kier molecular flexibility index (Phi) is 15.1. The molecule has 0 aliphatic carbocycles. The second-order valence-electron chi connectivity index (χ2n) is 10.9. The van der Waals surface area contributed by atoms with Crippen LogP contribution < -0.4 is 0 Å². The third-order valence-corrected chi connectivity index (χ3v) is 15.8. The Balaban J connectivity index is 2.95.